The first kappa shape index (κ1) is 29.2. The standard InChI is InChI=1S/2Cu.2H2O4S.H2O/c;;2*1-5(2,3)4;/h;;2*(H2,1,2,3,4);1H2/q2*+2;;;/p-4. The molecule has 9 nitrogen and oxygen atoms in total. The fourth-order valence-corrected chi connectivity index (χ4v) is 0. The second-order valence-corrected chi connectivity index (χ2v) is 2.51. The Labute approximate surface area is 95.3 Å². The molecule has 0 aromatic carbocycles. The van der Waals surface area contributed by atoms with Crippen LogP contribution in [0.1, 0.15) is 0 Å². The maximum absolute atomic E-state index is 8.63. The zero-order valence-corrected chi connectivity index (χ0v) is 8.69. The molecule has 0 spiro atoms. The molecule has 0 unspecified atom stereocenters. The second kappa shape index (κ2) is 10.8. The molecule has 0 aliphatic heterocycles. The summed E-state index contributed by atoms with van der Waals surface area (Å²) in [4.78, 5) is 0. The minimum absolute atomic E-state index is 0. The topological polar surface area (TPSA) is 188 Å². The van der Waals surface area contributed by atoms with Crippen LogP contribution in [0.5, 0.6) is 0 Å². The van der Waals surface area contributed by atoms with Crippen molar-refractivity contribution in [1.82, 2.24) is 0 Å². The zero-order chi connectivity index (χ0) is 9.00. The zero-order valence-electron chi connectivity index (χ0n) is 5.17. The van der Waals surface area contributed by atoms with Gasteiger partial charge >= 0.3 is 34.1 Å². The van der Waals surface area contributed by atoms with E-state index in [1.807, 2.05) is 0 Å². The molecule has 0 aromatic heterocycles. The molecule has 0 fully saturated rings. The van der Waals surface area contributed by atoms with Gasteiger partial charge in [0, 0.05) is 10.4 Å². The van der Waals surface area contributed by atoms with Gasteiger partial charge in [0.15, 0.2) is 0 Å². The normalized spacial score (nSPS) is 8.92. The van der Waals surface area contributed by atoms with Crippen LogP contribution in [0, 0.1) is 0 Å². The predicted octanol–water partition coefficient (Wildman–Crippen LogP) is -2.52. The summed E-state index contributed by atoms with van der Waals surface area (Å²) in [5.74, 6) is 0. The number of hydrogen-bond acceptors (Lipinski definition) is 8. The number of rotatable bonds is 0. The van der Waals surface area contributed by atoms with Crippen LogP contribution in [0.2, 0.25) is 0 Å². The Morgan fingerprint density at radius 1 is 0.846 bits per heavy atom. The molecular weight excluding hydrogens is 335 g/mol. The van der Waals surface area contributed by atoms with E-state index in [9.17, 15) is 0 Å². The Bertz CT molecular complexity index is 212. The monoisotopic (exact) mass is 336 g/mol. The van der Waals surface area contributed by atoms with Gasteiger partial charge in [-0.3, -0.25) is 13.0 Å². The molecule has 0 heterocycles. The van der Waals surface area contributed by atoms with Gasteiger partial charge in [-0.15, -0.1) is 0 Å². The van der Waals surface area contributed by atoms with E-state index in [0.717, 1.165) is 0 Å². The molecule has 13 heteroatoms. The van der Waals surface area contributed by atoms with Crippen molar-refractivity contribution in [2.45, 2.75) is 0 Å². The first-order valence-corrected chi connectivity index (χ1v) is 4.05. The summed E-state index contributed by atoms with van der Waals surface area (Å²) in [6.07, 6.45) is 0. The molecule has 2 radical (unpaired) electrons. The Kier molecular flexibility index (Phi) is 24.3. The van der Waals surface area contributed by atoms with Crippen LogP contribution in [0.4, 0.5) is 0 Å². The van der Waals surface area contributed by atoms with Crippen molar-refractivity contribution in [3.63, 3.8) is 0 Å². The van der Waals surface area contributed by atoms with Crippen LogP contribution >= 0.6 is 0 Å². The molecule has 0 rings (SSSR count). The molecule has 0 aliphatic rings. The Hall–Kier alpha value is 0.739. The van der Waals surface area contributed by atoms with Crippen molar-refractivity contribution in [3.8, 4) is 0 Å². The maximum Gasteiger partial charge on any atom is 2.00 e. The molecule has 0 saturated heterocycles. The Balaban J connectivity index is -0.0000000267. The van der Waals surface area contributed by atoms with E-state index in [1.165, 1.54) is 0 Å². The molecule has 2 N–H and O–H groups in total. The van der Waals surface area contributed by atoms with Gasteiger partial charge in [-0.25, -0.2) is 8.42 Å². The minimum atomic E-state index is -5.17. The van der Waals surface area contributed by atoms with E-state index in [-0.39, 0.29) is 39.6 Å². The van der Waals surface area contributed by atoms with Crippen molar-refractivity contribution in [2.75, 3.05) is 0 Å². The van der Waals surface area contributed by atoms with Crippen LogP contribution in [0.3, 0.4) is 0 Å². The van der Waals surface area contributed by atoms with Crippen molar-refractivity contribution < 1.29 is 74.7 Å². The SMILES string of the molecule is O=S(=O)([O-])O.O=S(=O)([O-])[O-].[Cu+2].[Cu+2].[OH-]. The van der Waals surface area contributed by atoms with Crippen LogP contribution in [-0.4, -0.2) is 40.5 Å². The summed E-state index contributed by atoms with van der Waals surface area (Å²) >= 11 is 0. The first-order chi connectivity index (χ1) is 4.00. The van der Waals surface area contributed by atoms with Crippen molar-refractivity contribution in [2.24, 2.45) is 0 Å². The van der Waals surface area contributed by atoms with Crippen molar-refractivity contribution >= 4 is 20.8 Å². The van der Waals surface area contributed by atoms with Crippen LogP contribution in [0.15, 0.2) is 0 Å². The smallest absolute Gasteiger partial charge is 0.870 e. The summed E-state index contributed by atoms with van der Waals surface area (Å²) in [6, 6.07) is 0. The summed E-state index contributed by atoms with van der Waals surface area (Å²) in [7, 11) is -10.1. The van der Waals surface area contributed by atoms with Gasteiger partial charge in [0.05, 0.1) is 0 Å². The molecule has 0 aromatic rings. The average molecular weight is 337 g/mol. The van der Waals surface area contributed by atoms with Gasteiger partial charge in [-0.1, -0.05) is 0 Å². The summed E-state index contributed by atoms with van der Waals surface area (Å²) < 4.78 is 66.9. The fourth-order valence-electron chi connectivity index (χ4n) is 0. The maximum atomic E-state index is 8.63. The predicted molar refractivity (Wildman–Crippen MR) is 24.7 cm³/mol. The van der Waals surface area contributed by atoms with E-state index < -0.39 is 20.8 Å². The third-order valence-corrected chi connectivity index (χ3v) is 0. The van der Waals surface area contributed by atoms with E-state index in [0.29, 0.717) is 0 Å². The summed E-state index contributed by atoms with van der Waals surface area (Å²) in [6.45, 7) is 0. The molecule has 0 bridgehead atoms. The van der Waals surface area contributed by atoms with E-state index in [4.69, 9.17) is 35.0 Å². The van der Waals surface area contributed by atoms with Gasteiger partial charge in [0.25, 0.3) is 0 Å². The second-order valence-electron chi connectivity index (χ2n) is 0.836. The molecular formula is H2Cu2O9S2. The summed E-state index contributed by atoms with van der Waals surface area (Å²) in [5.41, 5.74) is 0. The Morgan fingerprint density at radius 2 is 0.846 bits per heavy atom. The van der Waals surface area contributed by atoms with Gasteiger partial charge in [0.2, 0.25) is 10.4 Å². The van der Waals surface area contributed by atoms with E-state index in [2.05, 4.69) is 0 Å². The summed E-state index contributed by atoms with van der Waals surface area (Å²) in [5, 5.41) is 0. The molecule has 0 atom stereocenters. The minimum Gasteiger partial charge on any atom is -0.870 e. The quantitative estimate of drug-likeness (QED) is 0.282. The molecule has 90 valence electrons. The van der Waals surface area contributed by atoms with Gasteiger partial charge in [-0.05, 0) is 0 Å². The van der Waals surface area contributed by atoms with Gasteiger partial charge < -0.3 is 19.1 Å². The molecule has 0 amide bonds. The van der Waals surface area contributed by atoms with Gasteiger partial charge in [-0.2, -0.15) is 0 Å². The molecule has 13 heavy (non-hydrogen) atoms. The van der Waals surface area contributed by atoms with E-state index in [1.54, 1.807) is 0 Å². The first-order valence-electron chi connectivity index (χ1n) is 1.35. The Morgan fingerprint density at radius 3 is 0.846 bits per heavy atom. The van der Waals surface area contributed by atoms with Crippen molar-refractivity contribution in [3.05, 3.63) is 0 Å². The molecule has 0 saturated carbocycles. The van der Waals surface area contributed by atoms with Gasteiger partial charge in [0.1, 0.15) is 0 Å². The fraction of sp³-hybridized carbons (Fsp3) is 0. The average Bonchev–Trinajstić information content (AvgIpc) is 1.12. The third-order valence-electron chi connectivity index (χ3n) is 0. The van der Waals surface area contributed by atoms with Crippen molar-refractivity contribution in [1.29, 1.82) is 0 Å². The van der Waals surface area contributed by atoms with Crippen LogP contribution in [0.25, 0.3) is 0 Å². The van der Waals surface area contributed by atoms with Crippen LogP contribution < -0.4 is 0 Å². The van der Waals surface area contributed by atoms with E-state index >= 15 is 0 Å². The largest absolute Gasteiger partial charge is 2.00 e. The van der Waals surface area contributed by atoms with Crippen LogP contribution in [-0.2, 0) is 54.9 Å². The molecule has 0 aliphatic carbocycles. The number of hydrogen-bond donors (Lipinski definition) is 1. The third kappa shape index (κ3) is 2690.